The van der Waals surface area contributed by atoms with Crippen LogP contribution in [0.25, 0.3) is 21.1 Å². The third kappa shape index (κ3) is 3.92. The van der Waals surface area contributed by atoms with Gasteiger partial charge in [-0.05, 0) is 36.6 Å². The fraction of sp³-hybridized carbons (Fsp3) is 0.423. The van der Waals surface area contributed by atoms with Crippen LogP contribution >= 0.6 is 23.1 Å². The number of anilines is 2. The number of benzene rings is 2. The highest BCUT2D eigenvalue weighted by Crippen LogP contribution is 2.62. The van der Waals surface area contributed by atoms with Gasteiger partial charge in [0.1, 0.15) is 11.6 Å². The van der Waals surface area contributed by atoms with Crippen molar-refractivity contribution in [1.29, 1.82) is 0 Å². The number of thiazole rings is 1. The van der Waals surface area contributed by atoms with Crippen LogP contribution in [-0.4, -0.2) is 40.7 Å². The second-order valence-corrected chi connectivity index (χ2v) is 12.7. The molecular formula is C26H24F4N6OS2. The number of alkyl halides is 3. The van der Waals surface area contributed by atoms with E-state index in [0.29, 0.717) is 64.6 Å². The summed E-state index contributed by atoms with van der Waals surface area (Å²) in [5.41, 5.74) is 5.91. The zero-order chi connectivity index (χ0) is 27.1. The molecule has 39 heavy (non-hydrogen) atoms. The van der Waals surface area contributed by atoms with Crippen molar-refractivity contribution in [1.82, 2.24) is 19.9 Å². The van der Waals surface area contributed by atoms with Crippen LogP contribution in [0.5, 0.6) is 0 Å². The van der Waals surface area contributed by atoms with Crippen LogP contribution in [0.4, 0.5) is 28.5 Å². The van der Waals surface area contributed by atoms with Crippen LogP contribution in [0.3, 0.4) is 0 Å². The summed E-state index contributed by atoms with van der Waals surface area (Å²) < 4.78 is 59.3. The van der Waals surface area contributed by atoms with Crippen molar-refractivity contribution >= 4 is 55.2 Å². The van der Waals surface area contributed by atoms with Crippen molar-refractivity contribution in [3.63, 3.8) is 0 Å². The van der Waals surface area contributed by atoms with Crippen molar-refractivity contribution in [3.8, 4) is 0 Å². The minimum absolute atomic E-state index is 0.225. The number of hydrogen-bond donors (Lipinski definition) is 2. The fourth-order valence-electron chi connectivity index (χ4n) is 6.20. The number of piperazine rings is 1. The SMILES string of the molecule is Nc1nc2c(C3Sc4cc(C(F)(F)F)cc5c(N6CCNCC6)nc(=O)n(c45)CC34CCC4)ccc(F)c2s1. The van der Waals surface area contributed by atoms with Gasteiger partial charge in [-0.2, -0.15) is 18.2 Å². The maximum atomic E-state index is 14.7. The number of hydrogen-bond acceptors (Lipinski definition) is 8. The molecule has 3 N–H and O–H groups in total. The van der Waals surface area contributed by atoms with E-state index in [1.165, 1.54) is 17.8 Å². The summed E-state index contributed by atoms with van der Waals surface area (Å²) >= 11 is 2.37. The molecule has 0 radical (unpaired) electrons. The van der Waals surface area contributed by atoms with E-state index >= 15 is 0 Å². The normalized spacial score (nSPS) is 20.9. The molecule has 204 valence electrons. The predicted octanol–water partition coefficient (Wildman–Crippen LogP) is 5.17. The number of thioether (sulfide) groups is 1. The summed E-state index contributed by atoms with van der Waals surface area (Å²) in [5.74, 6) is -0.145. The van der Waals surface area contributed by atoms with Gasteiger partial charge in [0.05, 0.1) is 21.3 Å². The predicted molar refractivity (Wildman–Crippen MR) is 145 cm³/mol. The summed E-state index contributed by atoms with van der Waals surface area (Å²) in [4.78, 5) is 24.6. The van der Waals surface area contributed by atoms with Crippen molar-refractivity contribution in [2.24, 2.45) is 5.41 Å². The van der Waals surface area contributed by atoms with Gasteiger partial charge in [0.15, 0.2) is 5.13 Å². The van der Waals surface area contributed by atoms with Crippen molar-refractivity contribution in [3.05, 3.63) is 51.7 Å². The molecule has 1 saturated heterocycles. The Bertz CT molecular complexity index is 1690. The molecule has 1 spiro atoms. The van der Waals surface area contributed by atoms with Crippen LogP contribution in [0.2, 0.25) is 0 Å². The molecule has 4 heterocycles. The van der Waals surface area contributed by atoms with Crippen molar-refractivity contribution in [2.45, 2.75) is 42.1 Å². The molecule has 4 aromatic rings. The molecule has 0 bridgehead atoms. The number of nitrogens with zero attached hydrogens (tertiary/aromatic N) is 4. The number of nitrogens with one attached hydrogen (secondary N) is 1. The van der Waals surface area contributed by atoms with Crippen LogP contribution in [-0.2, 0) is 12.7 Å². The van der Waals surface area contributed by atoms with E-state index in [0.717, 1.165) is 48.3 Å². The number of halogens is 4. The van der Waals surface area contributed by atoms with E-state index in [2.05, 4.69) is 15.3 Å². The Hall–Kier alpha value is -2.90. The van der Waals surface area contributed by atoms with Crippen LogP contribution < -0.4 is 21.6 Å². The lowest BCUT2D eigenvalue weighted by molar-refractivity contribution is -0.137. The van der Waals surface area contributed by atoms with E-state index in [1.54, 1.807) is 10.6 Å². The highest BCUT2D eigenvalue weighted by molar-refractivity contribution is 7.99. The largest absolute Gasteiger partial charge is 0.416 e. The van der Waals surface area contributed by atoms with Crippen LogP contribution in [0.15, 0.2) is 34.0 Å². The molecule has 1 atom stereocenters. The maximum absolute atomic E-state index is 14.7. The van der Waals surface area contributed by atoms with Crippen molar-refractivity contribution in [2.75, 3.05) is 36.8 Å². The molecule has 2 fully saturated rings. The Morgan fingerprint density at radius 2 is 1.90 bits per heavy atom. The Kier molecular flexibility index (Phi) is 5.66. The number of nitrogen functional groups attached to an aromatic ring is 1. The molecule has 1 saturated carbocycles. The van der Waals surface area contributed by atoms with Gasteiger partial charge in [-0.25, -0.2) is 14.2 Å². The van der Waals surface area contributed by atoms with Gasteiger partial charge in [-0.3, -0.25) is 4.57 Å². The third-order valence-electron chi connectivity index (χ3n) is 8.21. The summed E-state index contributed by atoms with van der Waals surface area (Å²) in [6.07, 6.45) is -2.11. The molecule has 0 amide bonds. The zero-order valence-electron chi connectivity index (χ0n) is 20.6. The average molecular weight is 577 g/mol. The van der Waals surface area contributed by atoms with Gasteiger partial charge in [0.25, 0.3) is 0 Å². The quantitative estimate of drug-likeness (QED) is 0.318. The summed E-state index contributed by atoms with van der Waals surface area (Å²) in [5, 5.41) is 3.42. The Morgan fingerprint density at radius 3 is 2.59 bits per heavy atom. The first kappa shape index (κ1) is 25.1. The summed E-state index contributed by atoms with van der Waals surface area (Å²) in [6, 6.07) is 5.32. The number of aromatic nitrogens is 3. The number of rotatable bonds is 2. The fourth-order valence-corrected chi connectivity index (χ4v) is 8.63. The highest BCUT2D eigenvalue weighted by atomic mass is 32.2. The lowest BCUT2D eigenvalue weighted by Gasteiger charge is -2.47. The van der Waals surface area contributed by atoms with E-state index < -0.39 is 28.7 Å². The molecule has 7 rings (SSSR count). The van der Waals surface area contributed by atoms with E-state index in [9.17, 15) is 22.4 Å². The first-order chi connectivity index (χ1) is 18.6. The molecular weight excluding hydrogens is 552 g/mol. The Labute approximate surface area is 228 Å². The van der Waals surface area contributed by atoms with Crippen LogP contribution in [0, 0.1) is 11.2 Å². The minimum Gasteiger partial charge on any atom is -0.375 e. The van der Waals surface area contributed by atoms with E-state index in [4.69, 9.17) is 5.73 Å². The average Bonchev–Trinajstić information content (AvgIpc) is 3.20. The molecule has 7 nitrogen and oxygen atoms in total. The molecule has 2 aromatic heterocycles. The number of fused-ring (bicyclic) bond motifs is 1. The summed E-state index contributed by atoms with van der Waals surface area (Å²) in [7, 11) is 0. The topological polar surface area (TPSA) is 89.1 Å². The Morgan fingerprint density at radius 1 is 1.13 bits per heavy atom. The summed E-state index contributed by atoms with van der Waals surface area (Å²) in [6.45, 7) is 2.68. The second kappa shape index (κ2) is 8.80. The lowest BCUT2D eigenvalue weighted by Crippen LogP contribution is -2.45. The van der Waals surface area contributed by atoms with Gasteiger partial charge in [0, 0.05) is 53.7 Å². The van der Waals surface area contributed by atoms with E-state index in [1.807, 2.05) is 4.90 Å². The minimum atomic E-state index is -4.59. The molecule has 1 unspecified atom stereocenters. The smallest absolute Gasteiger partial charge is 0.375 e. The van der Waals surface area contributed by atoms with Gasteiger partial charge < -0.3 is 16.0 Å². The number of nitrogens with two attached hydrogens (primary N) is 1. The second-order valence-electron chi connectivity index (χ2n) is 10.5. The van der Waals surface area contributed by atoms with Gasteiger partial charge in [0.2, 0.25) is 0 Å². The van der Waals surface area contributed by atoms with Crippen molar-refractivity contribution < 1.29 is 17.6 Å². The Balaban J connectivity index is 1.50. The zero-order valence-corrected chi connectivity index (χ0v) is 22.3. The molecule has 13 heteroatoms. The monoisotopic (exact) mass is 576 g/mol. The van der Waals surface area contributed by atoms with Gasteiger partial charge in [-0.15, -0.1) is 11.8 Å². The first-order valence-electron chi connectivity index (χ1n) is 12.8. The first-order valence-corrected chi connectivity index (χ1v) is 14.5. The third-order valence-corrected chi connectivity index (χ3v) is 10.7. The molecule has 2 aromatic carbocycles. The molecule has 1 aliphatic carbocycles. The molecule has 3 aliphatic rings. The lowest BCUT2D eigenvalue weighted by atomic mass is 9.64. The van der Waals surface area contributed by atoms with Crippen LogP contribution in [0.1, 0.15) is 35.6 Å². The standard InChI is InChI=1S/C26H24F4N6OS2/c27-16-3-2-14(18-20(16)39-23(31)33-18)21-25(4-1-5-25)12-36-19-15(10-13(26(28,29)30)11-17(19)38-21)22(34-24(36)37)35-8-6-32-7-9-35/h2-3,10-11,21,32H,1,4-9,12H2,(H2,31,33). The van der Waals surface area contributed by atoms with Gasteiger partial charge >= 0.3 is 11.9 Å². The maximum Gasteiger partial charge on any atom is 0.416 e. The van der Waals surface area contributed by atoms with Gasteiger partial charge in [-0.1, -0.05) is 23.8 Å². The van der Waals surface area contributed by atoms with E-state index in [-0.39, 0.29) is 10.4 Å². The molecule has 2 aliphatic heterocycles. The highest BCUT2D eigenvalue weighted by Gasteiger charge is 2.49.